The molecule has 0 spiro atoms. The lowest BCUT2D eigenvalue weighted by atomic mass is 10.1. The molecule has 1 fully saturated rings. The van der Waals surface area contributed by atoms with Gasteiger partial charge in [0.05, 0.1) is 6.61 Å². The predicted molar refractivity (Wildman–Crippen MR) is 95.1 cm³/mol. The Hall–Kier alpha value is -2.10. The maximum atomic E-state index is 14.8. The van der Waals surface area contributed by atoms with Crippen molar-refractivity contribution in [1.82, 2.24) is 0 Å². The van der Waals surface area contributed by atoms with Crippen LogP contribution in [-0.4, -0.2) is 6.61 Å². The Bertz CT molecular complexity index is 907. The minimum atomic E-state index is -0.539. The number of halogens is 2. The van der Waals surface area contributed by atoms with E-state index in [0.29, 0.717) is 35.3 Å². The summed E-state index contributed by atoms with van der Waals surface area (Å²) in [5, 5.41) is 1.19. The zero-order valence-electron chi connectivity index (χ0n) is 14.4. The van der Waals surface area contributed by atoms with Crippen LogP contribution >= 0.6 is 0 Å². The first-order valence-corrected chi connectivity index (χ1v) is 9.14. The van der Waals surface area contributed by atoms with Gasteiger partial charge in [-0.05, 0) is 48.9 Å². The fourth-order valence-electron chi connectivity index (χ4n) is 3.82. The smallest absolute Gasteiger partial charge is 0.208 e. The van der Waals surface area contributed by atoms with Crippen LogP contribution in [0.3, 0.4) is 0 Å². The number of hydrogen-bond acceptors (Lipinski definition) is 2. The van der Waals surface area contributed by atoms with Crippen LogP contribution in [0, 0.1) is 17.6 Å². The first kappa shape index (κ1) is 16.4. The van der Waals surface area contributed by atoms with Crippen molar-refractivity contribution >= 4 is 21.9 Å². The summed E-state index contributed by atoms with van der Waals surface area (Å²) in [5.74, 6) is -0.237. The van der Waals surface area contributed by atoms with Crippen molar-refractivity contribution in [2.75, 3.05) is 6.61 Å². The third-order valence-corrected chi connectivity index (χ3v) is 5.20. The highest BCUT2D eigenvalue weighted by molar-refractivity contribution is 6.05. The number of furan rings is 1. The van der Waals surface area contributed by atoms with Crippen molar-refractivity contribution in [3.05, 3.63) is 41.5 Å². The van der Waals surface area contributed by atoms with E-state index in [2.05, 4.69) is 0 Å². The van der Waals surface area contributed by atoms with E-state index in [1.165, 1.54) is 12.8 Å². The molecular formula is C21H22F2O2. The van der Waals surface area contributed by atoms with Crippen LogP contribution in [0.1, 0.15) is 44.6 Å². The Morgan fingerprint density at radius 1 is 1.00 bits per heavy atom. The molecule has 4 rings (SSSR count). The molecular weight excluding hydrogens is 322 g/mol. The molecule has 0 aliphatic heterocycles. The van der Waals surface area contributed by atoms with Crippen LogP contribution < -0.4 is 4.74 Å². The van der Waals surface area contributed by atoms with Crippen LogP contribution in [0.4, 0.5) is 8.78 Å². The summed E-state index contributed by atoms with van der Waals surface area (Å²) in [6.07, 6.45) is 6.20. The normalized spacial score (nSPS) is 15.5. The molecule has 1 saturated carbocycles. The summed E-state index contributed by atoms with van der Waals surface area (Å²) in [6, 6.07) is 6.96. The molecule has 132 valence electrons. The van der Waals surface area contributed by atoms with Gasteiger partial charge in [0.15, 0.2) is 22.7 Å². The van der Waals surface area contributed by atoms with Crippen molar-refractivity contribution in [2.24, 2.45) is 5.92 Å². The van der Waals surface area contributed by atoms with E-state index in [9.17, 15) is 8.78 Å². The Kier molecular flexibility index (Phi) is 4.36. The fourth-order valence-corrected chi connectivity index (χ4v) is 3.82. The minimum absolute atomic E-state index is 0.0754. The van der Waals surface area contributed by atoms with Crippen LogP contribution in [0.25, 0.3) is 21.9 Å². The van der Waals surface area contributed by atoms with Gasteiger partial charge in [-0.3, -0.25) is 0 Å². The lowest BCUT2D eigenvalue weighted by Gasteiger charge is -2.11. The van der Waals surface area contributed by atoms with Gasteiger partial charge in [-0.1, -0.05) is 32.3 Å². The van der Waals surface area contributed by atoms with E-state index in [0.717, 1.165) is 19.3 Å². The standard InChI is InChI=1S/C21H22F2O2/c1-2-5-14-8-9-15-16-10-11-17(24-12-13-6-3-4-7-13)19(23)21(16)25-20(15)18(14)22/h8-11,13H,2-7,12H2,1H3. The summed E-state index contributed by atoms with van der Waals surface area (Å²) in [4.78, 5) is 0. The molecule has 2 nitrogen and oxygen atoms in total. The second-order valence-electron chi connectivity index (χ2n) is 6.98. The molecule has 0 radical (unpaired) electrons. The Balaban J connectivity index is 1.72. The van der Waals surface area contributed by atoms with E-state index in [1.54, 1.807) is 18.2 Å². The molecule has 25 heavy (non-hydrogen) atoms. The van der Waals surface area contributed by atoms with Gasteiger partial charge in [-0.15, -0.1) is 0 Å². The minimum Gasteiger partial charge on any atom is -0.490 e. The zero-order chi connectivity index (χ0) is 17.4. The zero-order valence-corrected chi connectivity index (χ0v) is 14.4. The summed E-state index contributed by atoms with van der Waals surface area (Å²) in [6.45, 7) is 2.52. The van der Waals surface area contributed by atoms with Gasteiger partial charge in [-0.25, -0.2) is 4.39 Å². The van der Waals surface area contributed by atoms with Crippen molar-refractivity contribution < 1.29 is 17.9 Å². The summed E-state index contributed by atoms with van der Waals surface area (Å²) >= 11 is 0. The van der Waals surface area contributed by atoms with Crippen molar-refractivity contribution in [3.63, 3.8) is 0 Å². The van der Waals surface area contributed by atoms with Gasteiger partial charge < -0.3 is 9.15 Å². The van der Waals surface area contributed by atoms with E-state index in [4.69, 9.17) is 9.15 Å². The van der Waals surface area contributed by atoms with Crippen molar-refractivity contribution in [3.8, 4) is 5.75 Å². The second-order valence-corrected chi connectivity index (χ2v) is 6.98. The lowest BCUT2D eigenvalue weighted by molar-refractivity contribution is 0.242. The highest BCUT2D eigenvalue weighted by atomic mass is 19.1. The molecule has 2 aromatic carbocycles. The Morgan fingerprint density at radius 2 is 1.68 bits per heavy atom. The number of aryl methyl sites for hydroxylation is 1. The highest BCUT2D eigenvalue weighted by Gasteiger charge is 2.21. The van der Waals surface area contributed by atoms with Gasteiger partial charge in [0.1, 0.15) is 0 Å². The number of hydrogen-bond donors (Lipinski definition) is 0. The molecule has 0 amide bonds. The van der Waals surface area contributed by atoms with Gasteiger partial charge in [-0.2, -0.15) is 4.39 Å². The van der Waals surface area contributed by atoms with Crippen molar-refractivity contribution in [1.29, 1.82) is 0 Å². The van der Waals surface area contributed by atoms with Crippen LogP contribution in [0.5, 0.6) is 5.75 Å². The number of rotatable bonds is 5. The molecule has 1 aromatic heterocycles. The molecule has 4 heteroatoms. The molecule has 0 saturated heterocycles. The van der Waals surface area contributed by atoms with Crippen molar-refractivity contribution in [2.45, 2.75) is 45.4 Å². The summed E-state index contributed by atoms with van der Waals surface area (Å²) in [5.41, 5.74) is 0.812. The van der Waals surface area contributed by atoms with Gasteiger partial charge in [0, 0.05) is 10.8 Å². The molecule has 0 bridgehead atoms. The fraction of sp³-hybridized carbons (Fsp3) is 0.429. The molecule has 0 atom stereocenters. The average Bonchev–Trinajstić information content (AvgIpc) is 3.25. The molecule has 1 aliphatic rings. The monoisotopic (exact) mass is 344 g/mol. The van der Waals surface area contributed by atoms with E-state index < -0.39 is 5.82 Å². The largest absolute Gasteiger partial charge is 0.490 e. The number of benzene rings is 2. The highest BCUT2D eigenvalue weighted by Crippen LogP contribution is 2.37. The average molecular weight is 344 g/mol. The van der Waals surface area contributed by atoms with Gasteiger partial charge in [0.25, 0.3) is 0 Å². The summed E-state index contributed by atoms with van der Waals surface area (Å²) < 4.78 is 40.7. The third kappa shape index (κ3) is 2.88. The van der Waals surface area contributed by atoms with E-state index >= 15 is 0 Å². The first-order valence-electron chi connectivity index (χ1n) is 9.14. The quantitative estimate of drug-likeness (QED) is 0.535. The Morgan fingerprint density at radius 3 is 2.40 bits per heavy atom. The van der Waals surface area contributed by atoms with Gasteiger partial charge in [0.2, 0.25) is 5.82 Å². The van der Waals surface area contributed by atoms with Crippen LogP contribution in [0.2, 0.25) is 0 Å². The van der Waals surface area contributed by atoms with Crippen LogP contribution in [-0.2, 0) is 6.42 Å². The SMILES string of the molecule is CCCc1ccc2c(oc3c(F)c(OCC4CCCC4)ccc32)c1F. The van der Waals surface area contributed by atoms with E-state index in [1.807, 2.05) is 13.0 Å². The second kappa shape index (κ2) is 6.66. The number of fused-ring (bicyclic) bond motifs is 3. The molecule has 1 heterocycles. The lowest BCUT2D eigenvalue weighted by Crippen LogP contribution is -2.08. The Labute approximate surface area is 145 Å². The summed E-state index contributed by atoms with van der Waals surface area (Å²) in [7, 11) is 0. The first-order chi connectivity index (χ1) is 12.2. The molecule has 3 aromatic rings. The number of ether oxygens (including phenoxy) is 1. The third-order valence-electron chi connectivity index (χ3n) is 5.20. The van der Waals surface area contributed by atoms with Crippen LogP contribution in [0.15, 0.2) is 28.7 Å². The topological polar surface area (TPSA) is 22.4 Å². The van der Waals surface area contributed by atoms with E-state index in [-0.39, 0.29) is 22.7 Å². The maximum absolute atomic E-state index is 14.8. The predicted octanol–water partition coefficient (Wildman–Crippen LogP) is 6.39. The maximum Gasteiger partial charge on any atom is 0.208 e. The molecule has 0 unspecified atom stereocenters. The molecule has 1 aliphatic carbocycles. The van der Waals surface area contributed by atoms with Gasteiger partial charge >= 0.3 is 0 Å². The molecule has 0 N–H and O–H groups in total.